The molecule has 0 fully saturated rings. The average Bonchev–Trinajstić information content (AvgIpc) is 3.44. The maximum atomic E-state index is 12.6. The highest BCUT2D eigenvalue weighted by molar-refractivity contribution is 7.14. The first kappa shape index (κ1) is 27.3. The third-order valence-electron chi connectivity index (χ3n) is 7.51. The summed E-state index contributed by atoms with van der Waals surface area (Å²) in [5.74, 6) is 0.00270. The van der Waals surface area contributed by atoms with Crippen LogP contribution in [0.4, 0.5) is 10.8 Å². The SMILES string of the molecule is CCN(CCCCCCNc1c2c(nc3ccccc13)CCCC2)CC(=O)Nc1nc(-c2ccccc2)cs1. The number of amides is 1. The van der Waals surface area contributed by atoms with Crippen LogP contribution in [0.1, 0.15) is 56.7 Å². The molecule has 2 aromatic carbocycles. The van der Waals surface area contributed by atoms with Gasteiger partial charge in [0.1, 0.15) is 0 Å². The van der Waals surface area contributed by atoms with E-state index in [1.54, 1.807) is 0 Å². The van der Waals surface area contributed by atoms with E-state index in [-0.39, 0.29) is 5.91 Å². The minimum absolute atomic E-state index is 0.00270. The van der Waals surface area contributed by atoms with Gasteiger partial charge in [-0.05, 0) is 63.2 Å². The first-order chi connectivity index (χ1) is 19.2. The van der Waals surface area contributed by atoms with Gasteiger partial charge in [0.15, 0.2) is 5.13 Å². The standard InChI is InChI=1S/C32H39N5OS/c1-2-37(22-30(38)36-32-35-29(23-39-32)24-14-6-5-7-15-24)21-13-4-3-12-20-33-31-25-16-8-10-18-27(25)34-28-19-11-9-17-26(28)31/h5-8,10,14-16,18,23H,2-4,9,11-13,17,19-22H2,1H3,(H,33,34)(H,35,36,38). The van der Waals surface area contributed by atoms with Crippen molar-refractivity contribution in [3.63, 3.8) is 0 Å². The molecule has 2 heterocycles. The average molecular weight is 542 g/mol. The predicted octanol–water partition coefficient (Wildman–Crippen LogP) is 7.17. The molecule has 0 saturated heterocycles. The molecular weight excluding hydrogens is 502 g/mol. The van der Waals surface area contributed by atoms with Gasteiger partial charge in [0.05, 0.1) is 17.8 Å². The van der Waals surface area contributed by atoms with Crippen LogP contribution in [-0.4, -0.2) is 47.0 Å². The van der Waals surface area contributed by atoms with Crippen molar-refractivity contribution < 1.29 is 4.79 Å². The fourth-order valence-corrected chi connectivity index (χ4v) is 6.12. The quantitative estimate of drug-likeness (QED) is 0.176. The van der Waals surface area contributed by atoms with E-state index < -0.39 is 0 Å². The van der Waals surface area contributed by atoms with Gasteiger partial charge < -0.3 is 10.6 Å². The Hall–Kier alpha value is -3.29. The Morgan fingerprint density at radius 3 is 2.62 bits per heavy atom. The van der Waals surface area contributed by atoms with Crippen LogP contribution in [0, 0.1) is 0 Å². The number of unbranched alkanes of at least 4 members (excludes halogenated alkanes) is 3. The van der Waals surface area contributed by atoms with E-state index in [0.29, 0.717) is 11.7 Å². The summed E-state index contributed by atoms with van der Waals surface area (Å²) in [6, 6.07) is 18.6. The molecule has 0 radical (unpaired) electrons. The van der Waals surface area contributed by atoms with E-state index in [4.69, 9.17) is 4.98 Å². The number of nitrogens with one attached hydrogen (secondary N) is 2. The number of carbonyl (C=O) groups excluding carboxylic acids is 1. The summed E-state index contributed by atoms with van der Waals surface area (Å²) in [4.78, 5) is 24.4. The van der Waals surface area contributed by atoms with Crippen LogP contribution < -0.4 is 10.6 Å². The van der Waals surface area contributed by atoms with Crippen molar-refractivity contribution >= 4 is 39.0 Å². The lowest BCUT2D eigenvalue weighted by Crippen LogP contribution is -2.33. The molecule has 7 heteroatoms. The Bertz CT molecular complexity index is 1370. The molecule has 2 N–H and O–H groups in total. The maximum absolute atomic E-state index is 12.6. The highest BCUT2D eigenvalue weighted by Crippen LogP contribution is 2.33. The zero-order valence-electron chi connectivity index (χ0n) is 22.9. The molecule has 0 aliphatic heterocycles. The summed E-state index contributed by atoms with van der Waals surface area (Å²) in [5.41, 5.74) is 7.11. The number of fused-ring (bicyclic) bond motifs is 2. The second-order valence-electron chi connectivity index (χ2n) is 10.3. The molecule has 0 spiro atoms. The fourth-order valence-electron chi connectivity index (χ4n) is 5.39. The molecule has 2 aromatic heterocycles. The molecule has 0 atom stereocenters. The van der Waals surface area contributed by atoms with Crippen LogP contribution in [0.15, 0.2) is 60.0 Å². The molecule has 39 heavy (non-hydrogen) atoms. The number of benzene rings is 2. The van der Waals surface area contributed by atoms with Crippen molar-refractivity contribution in [2.75, 3.05) is 36.8 Å². The highest BCUT2D eigenvalue weighted by Gasteiger charge is 2.18. The zero-order chi connectivity index (χ0) is 26.9. The number of aryl methyl sites for hydroxylation is 1. The van der Waals surface area contributed by atoms with Gasteiger partial charge in [-0.3, -0.25) is 14.7 Å². The topological polar surface area (TPSA) is 70.2 Å². The summed E-state index contributed by atoms with van der Waals surface area (Å²) < 4.78 is 0. The molecule has 0 unspecified atom stereocenters. The number of hydrogen-bond donors (Lipinski definition) is 2. The van der Waals surface area contributed by atoms with E-state index in [1.807, 2.05) is 35.7 Å². The molecule has 5 rings (SSSR count). The lowest BCUT2D eigenvalue weighted by molar-refractivity contribution is -0.117. The Balaban J connectivity index is 1.02. The van der Waals surface area contributed by atoms with Crippen LogP contribution in [0.3, 0.4) is 0 Å². The summed E-state index contributed by atoms with van der Waals surface area (Å²) in [7, 11) is 0. The minimum atomic E-state index is 0.00270. The number of pyridine rings is 1. The Morgan fingerprint density at radius 1 is 0.949 bits per heavy atom. The molecule has 6 nitrogen and oxygen atoms in total. The van der Waals surface area contributed by atoms with Gasteiger partial charge in [-0.15, -0.1) is 11.3 Å². The van der Waals surface area contributed by atoms with Gasteiger partial charge in [-0.25, -0.2) is 4.98 Å². The predicted molar refractivity (Wildman–Crippen MR) is 164 cm³/mol. The molecule has 0 saturated carbocycles. The number of anilines is 2. The number of nitrogens with zero attached hydrogens (tertiary/aromatic N) is 3. The van der Waals surface area contributed by atoms with E-state index in [1.165, 1.54) is 59.4 Å². The molecule has 4 aromatic rings. The van der Waals surface area contributed by atoms with E-state index in [0.717, 1.165) is 62.1 Å². The van der Waals surface area contributed by atoms with Crippen molar-refractivity contribution in [3.05, 3.63) is 71.2 Å². The number of thiazole rings is 1. The third kappa shape index (κ3) is 7.22. The Morgan fingerprint density at radius 2 is 1.74 bits per heavy atom. The number of likely N-dealkylation sites (N-methyl/N-ethyl adjacent to an activating group) is 1. The summed E-state index contributed by atoms with van der Waals surface area (Å²) in [6.07, 6.45) is 9.33. The van der Waals surface area contributed by atoms with Gasteiger partial charge in [-0.1, -0.05) is 68.3 Å². The lowest BCUT2D eigenvalue weighted by Gasteiger charge is -2.22. The number of aromatic nitrogens is 2. The maximum Gasteiger partial charge on any atom is 0.240 e. The van der Waals surface area contributed by atoms with Gasteiger partial charge in [0, 0.05) is 34.3 Å². The van der Waals surface area contributed by atoms with Crippen LogP contribution in [0.5, 0.6) is 0 Å². The van der Waals surface area contributed by atoms with Crippen LogP contribution in [0.2, 0.25) is 0 Å². The summed E-state index contributed by atoms with van der Waals surface area (Å²) in [6.45, 7) is 5.31. The smallest absolute Gasteiger partial charge is 0.240 e. The first-order valence-electron chi connectivity index (χ1n) is 14.4. The molecule has 1 aliphatic rings. The van der Waals surface area contributed by atoms with E-state index in [9.17, 15) is 4.79 Å². The normalized spacial score (nSPS) is 13.0. The van der Waals surface area contributed by atoms with Crippen molar-refractivity contribution in [2.24, 2.45) is 0 Å². The second-order valence-corrected chi connectivity index (χ2v) is 11.2. The minimum Gasteiger partial charge on any atom is -0.384 e. The van der Waals surface area contributed by atoms with Gasteiger partial charge in [0.25, 0.3) is 0 Å². The second kappa shape index (κ2) is 13.7. The molecule has 0 bridgehead atoms. The van der Waals surface area contributed by atoms with E-state index in [2.05, 4.69) is 51.7 Å². The van der Waals surface area contributed by atoms with E-state index >= 15 is 0 Å². The van der Waals surface area contributed by atoms with Crippen LogP contribution >= 0.6 is 11.3 Å². The van der Waals surface area contributed by atoms with Gasteiger partial charge in [-0.2, -0.15) is 0 Å². The molecule has 1 aliphatic carbocycles. The number of rotatable bonds is 13. The highest BCUT2D eigenvalue weighted by atomic mass is 32.1. The first-order valence-corrected chi connectivity index (χ1v) is 15.3. The molecule has 204 valence electrons. The van der Waals surface area contributed by atoms with Crippen molar-refractivity contribution in [2.45, 2.75) is 58.3 Å². The third-order valence-corrected chi connectivity index (χ3v) is 8.26. The number of para-hydroxylation sites is 1. The molecular formula is C32H39N5OS. The van der Waals surface area contributed by atoms with Crippen molar-refractivity contribution in [1.82, 2.24) is 14.9 Å². The van der Waals surface area contributed by atoms with Crippen molar-refractivity contribution in [3.8, 4) is 11.3 Å². The van der Waals surface area contributed by atoms with Crippen molar-refractivity contribution in [1.29, 1.82) is 0 Å². The van der Waals surface area contributed by atoms with Crippen LogP contribution in [-0.2, 0) is 17.6 Å². The largest absolute Gasteiger partial charge is 0.384 e. The Labute approximate surface area is 235 Å². The monoisotopic (exact) mass is 541 g/mol. The lowest BCUT2D eigenvalue weighted by atomic mass is 9.92. The van der Waals surface area contributed by atoms with Crippen LogP contribution in [0.25, 0.3) is 22.2 Å². The zero-order valence-corrected chi connectivity index (χ0v) is 23.7. The number of carbonyl (C=O) groups is 1. The summed E-state index contributed by atoms with van der Waals surface area (Å²) >= 11 is 1.47. The van der Waals surface area contributed by atoms with Gasteiger partial charge in [0.2, 0.25) is 5.91 Å². The Kier molecular flexibility index (Phi) is 9.57. The summed E-state index contributed by atoms with van der Waals surface area (Å²) in [5, 5.41) is 10.7. The molecule has 1 amide bonds. The number of hydrogen-bond acceptors (Lipinski definition) is 6. The fraction of sp³-hybridized carbons (Fsp3) is 0.406. The van der Waals surface area contributed by atoms with Gasteiger partial charge >= 0.3 is 0 Å².